The number of halogens is 2. The van der Waals surface area contributed by atoms with Crippen molar-refractivity contribution in [3.8, 4) is 5.75 Å². The van der Waals surface area contributed by atoms with Gasteiger partial charge < -0.3 is 10.5 Å². The molecule has 0 saturated heterocycles. The standard InChI is InChI=1S/C16H17F2NO/c17-16(18,14-4-2-1-3-5-14)12-20-15-8-6-13(7-9-15)10-11-19/h1-9H,10-12,19H2. The van der Waals surface area contributed by atoms with Crippen molar-refractivity contribution in [3.63, 3.8) is 0 Å². The summed E-state index contributed by atoms with van der Waals surface area (Å²) in [5, 5.41) is 0. The minimum Gasteiger partial charge on any atom is -0.487 e. The Balaban J connectivity index is 1.97. The van der Waals surface area contributed by atoms with Gasteiger partial charge in [-0.3, -0.25) is 0 Å². The van der Waals surface area contributed by atoms with Crippen molar-refractivity contribution in [2.24, 2.45) is 5.73 Å². The summed E-state index contributed by atoms with van der Waals surface area (Å²) in [4.78, 5) is 0. The van der Waals surface area contributed by atoms with Gasteiger partial charge in [-0.15, -0.1) is 0 Å². The molecule has 2 aromatic rings. The molecule has 0 radical (unpaired) electrons. The molecule has 2 nitrogen and oxygen atoms in total. The molecule has 0 amide bonds. The summed E-state index contributed by atoms with van der Waals surface area (Å²) in [6.07, 6.45) is 0.764. The minimum absolute atomic E-state index is 0.0419. The predicted octanol–water partition coefficient (Wildman–Crippen LogP) is 3.36. The molecule has 2 N–H and O–H groups in total. The highest BCUT2D eigenvalue weighted by Gasteiger charge is 2.32. The van der Waals surface area contributed by atoms with Gasteiger partial charge in [-0.1, -0.05) is 42.5 Å². The third-order valence-corrected chi connectivity index (χ3v) is 2.97. The fourth-order valence-corrected chi connectivity index (χ4v) is 1.86. The first-order chi connectivity index (χ1) is 9.62. The molecule has 0 aliphatic carbocycles. The van der Waals surface area contributed by atoms with Crippen LogP contribution in [-0.4, -0.2) is 13.2 Å². The molecule has 0 atom stereocenters. The zero-order valence-electron chi connectivity index (χ0n) is 11.1. The van der Waals surface area contributed by atoms with Crippen molar-refractivity contribution >= 4 is 0 Å². The van der Waals surface area contributed by atoms with E-state index in [1.807, 2.05) is 12.1 Å². The quantitative estimate of drug-likeness (QED) is 0.878. The van der Waals surface area contributed by atoms with Crippen molar-refractivity contribution in [1.82, 2.24) is 0 Å². The van der Waals surface area contributed by atoms with Crippen LogP contribution in [-0.2, 0) is 12.3 Å². The van der Waals surface area contributed by atoms with E-state index in [9.17, 15) is 8.78 Å². The highest BCUT2D eigenvalue weighted by Crippen LogP contribution is 2.28. The van der Waals surface area contributed by atoms with E-state index < -0.39 is 12.5 Å². The first-order valence-electron chi connectivity index (χ1n) is 6.47. The number of ether oxygens (including phenoxy) is 1. The maximum absolute atomic E-state index is 13.9. The Hall–Kier alpha value is -1.94. The molecule has 2 aromatic carbocycles. The average Bonchev–Trinajstić information content (AvgIpc) is 2.48. The maximum Gasteiger partial charge on any atom is 0.306 e. The Morgan fingerprint density at radius 3 is 2.20 bits per heavy atom. The topological polar surface area (TPSA) is 35.2 Å². The summed E-state index contributed by atoms with van der Waals surface area (Å²) in [7, 11) is 0. The van der Waals surface area contributed by atoms with Gasteiger partial charge in [-0.25, -0.2) is 0 Å². The molecule has 0 spiro atoms. The zero-order chi connectivity index (χ0) is 14.4. The number of hydrogen-bond acceptors (Lipinski definition) is 2. The lowest BCUT2D eigenvalue weighted by atomic mass is 10.1. The lowest BCUT2D eigenvalue weighted by Gasteiger charge is -2.17. The van der Waals surface area contributed by atoms with Crippen LogP contribution in [0.4, 0.5) is 8.78 Å². The maximum atomic E-state index is 13.9. The van der Waals surface area contributed by atoms with Crippen LogP contribution in [0, 0.1) is 0 Å². The molecule has 0 heterocycles. The predicted molar refractivity (Wildman–Crippen MR) is 75.0 cm³/mol. The molecule has 0 aliphatic heterocycles. The molecule has 106 valence electrons. The second kappa shape index (κ2) is 6.48. The van der Waals surface area contributed by atoms with Gasteiger partial charge in [0.1, 0.15) is 5.75 Å². The van der Waals surface area contributed by atoms with Crippen LogP contribution in [0.3, 0.4) is 0 Å². The van der Waals surface area contributed by atoms with Gasteiger partial charge in [-0.2, -0.15) is 8.78 Å². The lowest BCUT2D eigenvalue weighted by Crippen LogP contribution is -2.23. The molecular weight excluding hydrogens is 260 g/mol. The highest BCUT2D eigenvalue weighted by atomic mass is 19.3. The van der Waals surface area contributed by atoms with Gasteiger partial charge in [0.25, 0.3) is 0 Å². The smallest absolute Gasteiger partial charge is 0.306 e. The van der Waals surface area contributed by atoms with Crippen LogP contribution in [0.15, 0.2) is 54.6 Å². The van der Waals surface area contributed by atoms with Crippen LogP contribution >= 0.6 is 0 Å². The molecule has 20 heavy (non-hydrogen) atoms. The monoisotopic (exact) mass is 277 g/mol. The minimum atomic E-state index is -3.00. The van der Waals surface area contributed by atoms with Crippen LogP contribution in [0.2, 0.25) is 0 Å². The van der Waals surface area contributed by atoms with E-state index in [2.05, 4.69) is 0 Å². The number of hydrogen-bond donors (Lipinski definition) is 1. The molecule has 0 aromatic heterocycles. The van der Waals surface area contributed by atoms with Crippen LogP contribution in [0.5, 0.6) is 5.75 Å². The van der Waals surface area contributed by atoms with Gasteiger partial charge in [0.2, 0.25) is 0 Å². The SMILES string of the molecule is NCCc1ccc(OCC(F)(F)c2ccccc2)cc1. The largest absolute Gasteiger partial charge is 0.487 e. The van der Waals surface area contributed by atoms with Crippen molar-refractivity contribution in [2.45, 2.75) is 12.3 Å². The summed E-state index contributed by atoms with van der Waals surface area (Å²) >= 11 is 0. The first kappa shape index (κ1) is 14.5. The molecule has 0 aliphatic rings. The van der Waals surface area contributed by atoms with Crippen LogP contribution in [0.1, 0.15) is 11.1 Å². The molecule has 0 saturated carbocycles. The van der Waals surface area contributed by atoms with Gasteiger partial charge in [0.05, 0.1) is 0 Å². The van der Waals surface area contributed by atoms with E-state index in [1.54, 1.807) is 30.3 Å². The van der Waals surface area contributed by atoms with E-state index in [0.29, 0.717) is 12.3 Å². The van der Waals surface area contributed by atoms with Crippen LogP contribution < -0.4 is 10.5 Å². The number of benzene rings is 2. The number of rotatable bonds is 6. The van der Waals surface area contributed by atoms with E-state index in [1.165, 1.54) is 12.1 Å². The van der Waals surface area contributed by atoms with Gasteiger partial charge in [0, 0.05) is 5.56 Å². The molecule has 2 rings (SSSR count). The molecular formula is C16H17F2NO. The van der Waals surface area contributed by atoms with Gasteiger partial charge >= 0.3 is 5.92 Å². The molecule has 0 bridgehead atoms. The average molecular weight is 277 g/mol. The normalized spacial score (nSPS) is 11.3. The number of nitrogens with two attached hydrogens (primary N) is 1. The summed E-state index contributed by atoms with van der Waals surface area (Å²) in [6, 6.07) is 14.7. The Kier molecular flexibility index (Phi) is 4.69. The van der Waals surface area contributed by atoms with E-state index in [4.69, 9.17) is 10.5 Å². The lowest BCUT2D eigenvalue weighted by molar-refractivity contribution is -0.0467. The zero-order valence-corrected chi connectivity index (χ0v) is 11.1. The van der Waals surface area contributed by atoms with E-state index in [-0.39, 0.29) is 5.56 Å². The fourth-order valence-electron chi connectivity index (χ4n) is 1.86. The summed E-state index contributed by atoms with van der Waals surface area (Å²) < 4.78 is 33.0. The van der Waals surface area contributed by atoms with Crippen molar-refractivity contribution in [2.75, 3.05) is 13.2 Å². The van der Waals surface area contributed by atoms with Crippen molar-refractivity contribution < 1.29 is 13.5 Å². The van der Waals surface area contributed by atoms with Gasteiger partial charge in [-0.05, 0) is 30.7 Å². The second-order valence-corrected chi connectivity index (χ2v) is 4.54. The van der Waals surface area contributed by atoms with Crippen molar-refractivity contribution in [1.29, 1.82) is 0 Å². The Morgan fingerprint density at radius 1 is 0.950 bits per heavy atom. The first-order valence-corrected chi connectivity index (χ1v) is 6.47. The second-order valence-electron chi connectivity index (χ2n) is 4.54. The third kappa shape index (κ3) is 3.78. The third-order valence-electron chi connectivity index (χ3n) is 2.97. The Bertz CT molecular complexity index is 526. The van der Waals surface area contributed by atoms with E-state index in [0.717, 1.165) is 12.0 Å². The number of alkyl halides is 2. The van der Waals surface area contributed by atoms with E-state index >= 15 is 0 Å². The van der Waals surface area contributed by atoms with Crippen molar-refractivity contribution in [3.05, 3.63) is 65.7 Å². The highest BCUT2D eigenvalue weighted by molar-refractivity contribution is 5.28. The van der Waals surface area contributed by atoms with Crippen LogP contribution in [0.25, 0.3) is 0 Å². The van der Waals surface area contributed by atoms with Gasteiger partial charge in [0.15, 0.2) is 6.61 Å². The Labute approximate surface area is 117 Å². The fraction of sp³-hybridized carbons (Fsp3) is 0.250. The molecule has 4 heteroatoms. The molecule has 0 fully saturated rings. The Morgan fingerprint density at radius 2 is 1.60 bits per heavy atom. The summed E-state index contributed by atoms with van der Waals surface area (Å²) in [5.74, 6) is -2.57. The summed E-state index contributed by atoms with van der Waals surface area (Å²) in [5.41, 5.74) is 6.47. The summed E-state index contributed by atoms with van der Waals surface area (Å²) in [6.45, 7) is -0.112. The molecule has 0 unspecified atom stereocenters.